The average molecular weight is 413 g/mol. The number of aryl methyl sites for hydroxylation is 1. The van der Waals surface area contributed by atoms with Crippen LogP contribution in [0, 0.1) is 0 Å². The second kappa shape index (κ2) is 7.80. The van der Waals surface area contributed by atoms with Crippen LogP contribution in [0.4, 0.5) is 18.9 Å². The Morgan fingerprint density at radius 3 is 2.61 bits per heavy atom. The zero-order valence-corrected chi connectivity index (χ0v) is 15.5. The molecule has 0 spiro atoms. The molecule has 2 aromatic carbocycles. The van der Waals surface area contributed by atoms with Crippen LogP contribution in [0.25, 0.3) is 0 Å². The maximum atomic E-state index is 12.8. The van der Waals surface area contributed by atoms with E-state index in [1.807, 2.05) is 34.0 Å². The number of hydrogen-bond acceptors (Lipinski definition) is 4. The molecule has 0 atom stereocenters. The van der Waals surface area contributed by atoms with Crippen LogP contribution in [-0.2, 0) is 27.4 Å². The summed E-state index contributed by atoms with van der Waals surface area (Å²) in [7, 11) is -4.34. The number of sulfonamides is 1. The Labute approximate surface area is 160 Å². The van der Waals surface area contributed by atoms with Gasteiger partial charge in [-0.05, 0) is 42.7 Å². The lowest BCUT2D eigenvalue weighted by molar-refractivity contribution is -0.137. The molecule has 0 aliphatic carbocycles. The van der Waals surface area contributed by atoms with E-state index in [-0.39, 0.29) is 6.54 Å². The fraction of sp³-hybridized carbons (Fsp3) is 0.278. The summed E-state index contributed by atoms with van der Waals surface area (Å²) in [5.41, 5.74) is 2.98. The number of carbonyl (C=O) groups excluding carboxylic acids is 1. The van der Waals surface area contributed by atoms with Crippen LogP contribution >= 0.6 is 0 Å². The molecule has 0 fully saturated rings. The molecule has 1 amide bonds. The molecule has 0 unspecified atom stereocenters. The summed E-state index contributed by atoms with van der Waals surface area (Å²) < 4.78 is 62.7. The van der Waals surface area contributed by atoms with E-state index in [1.165, 1.54) is 0 Å². The summed E-state index contributed by atoms with van der Waals surface area (Å²) in [5.74, 6) is -0.618. The third kappa shape index (κ3) is 4.63. The van der Waals surface area contributed by atoms with Gasteiger partial charge in [-0.15, -0.1) is 4.83 Å². The Bertz CT molecular complexity index is 977. The van der Waals surface area contributed by atoms with Gasteiger partial charge in [0.05, 0.1) is 17.0 Å². The number of nitrogens with one attached hydrogen (secondary N) is 2. The van der Waals surface area contributed by atoms with E-state index in [4.69, 9.17) is 0 Å². The van der Waals surface area contributed by atoms with Gasteiger partial charge in [0, 0.05) is 12.2 Å². The molecule has 28 heavy (non-hydrogen) atoms. The number of nitrogens with zero attached hydrogens (tertiary/aromatic N) is 1. The smallest absolute Gasteiger partial charge is 0.362 e. The van der Waals surface area contributed by atoms with Gasteiger partial charge in [0.1, 0.15) is 0 Å². The summed E-state index contributed by atoms with van der Waals surface area (Å²) in [6.07, 6.45) is -2.91. The molecule has 1 heterocycles. The van der Waals surface area contributed by atoms with Gasteiger partial charge >= 0.3 is 6.18 Å². The molecule has 0 bridgehead atoms. The van der Waals surface area contributed by atoms with Crippen molar-refractivity contribution < 1.29 is 26.4 Å². The molecule has 3 rings (SSSR count). The highest BCUT2D eigenvalue weighted by molar-refractivity contribution is 7.89. The quantitative estimate of drug-likeness (QED) is 0.739. The minimum absolute atomic E-state index is 0.0812. The van der Waals surface area contributed by atoms with Gasteiger partial charge in [-0.1, -0.05) is 24.3 Å². The topological polar surface area (TPSA) is 78.5 Å². The molecule has 150 valence electrons. The second-order valence-corrected chi connectivity index (χ2v) is 8.02. The van der Waals surface area contributed by atoms with Crippen molar-refractivity contribution >= 4 is 21.6 Å². The highest BCUT2D eigenvalue weighted by Gasteiger charge is 2.31. The second-order valence-electron chi connectivity index (χ2n) is 6.33. The summed E-state index contributed by atoms with van der Waals surface area (Å²) in [6, 6.07) is 10.9. The highest BCUT2D eigenvalue weighted by Crippen LogP contribution is 2.30. The van der Waals surface area contributed by atoms with E-state index in [2.05, 4.69) is 5.43 Å². The first-order valence-electron chi connectivity index (χ1n) is 8.47. The van der Waals surface area contributed by atoms with E-state index in [0.29, 0.717) is 12.6 Å². The molecule has 10 heteroatoms. The maximum Gasteiger partial charge on any atom is 0.416 e. The van der Waals surface area contributed by atoms with Gasteiger partial charge in [-0.3, -0.25) is 10.2 Å². The van der Waals surface area contributed by atoms with Gasteiger partial charge in [-0.2, -0.15) is 13.2 Å². The summed E-state index contributed by atoms with van der Waals surface area (Å²) in [6.45, 7) is 0.562. The number of anilines is 1. The number of benzene rings is 2. The third-order valence-electron chi connectivity index (χ3n) is 4.34. The number of rotatable bonds is 5. The van der Waals surface area contributed by atoms with E-state index in [1.54, 1.807) is 0 Å². The molecule has 2 aromatic rings. The zero-order chi connectivity index (χ0) is 20.4. The number of para-hydroxylation sites is 1. The monoisotopic (exact) mass is 413 g/mol. The van der Waals surface area contributed by atoms with Crippen LogP contribution in [0.5, 0.6) is 0 Å². The first-order chi connectivity index (χ1) is 13.2. The Morgan fingerprint density at radius 1 is 1.11 bits per heavy atom. The van der Waals surface area contributed by atoms with Crippen molar-refractivity contribution in [3.8, 4) is 0 Å². The minimum Gasteiger partial charge on any atom is -0.362 e. The number of alkyl halides is 3. The van der Waals surface area contributed by atoms with Gasteiger partial charge in [-0.25, -0.2) is 8.42 Å². The lowest BCUT2D eigenvalue weighted by atomic mass is 10.0. The molecular weight excluding hydrogens is 395 g/mol. The Hall–Kier alpha value is -2.59. The number of hydrazine groups is 1. The van der Waals surface area contributed by atoms with Crippen LogP contribution in [0.1, 0.15) is 17.5 Å². The molecule has 1 aliphatic rings. The van der Waals surface area contributed by atoms with Crippen LogP contribution in [0.2, 0.25) is 0 Å². The van der Waals surface area contributed by atoms with Gasteiger partial charge in [0.25, 0.3) is 15.9 Å². The molecule has 0 saturated heterocycles. The Balaban J connectivity index is 1.65. The number of amides is 1. The number of hydrogen-bond donors (Lipinski definition) is 2. The van der Waals surface area contributed by atoms with E-state index in [0.717, 1.165) is 42.3 Å². The van der Waals surface area contributed by atoms with E-state index in [9.17, 15) is 26.4 Å². The predicted molar refractivity (Wildman–Crippen MR) is 96.9 cm³/mol. The van der Waals surface area contributed by atoms with Crippen molar-refractivity contribution in [2.24, 2.45) is 0 Å². The lowest BCUT2D eigenvalue weighted by Crippen LogP contribution is -2.47. The summed E-state index contributed by atoms with van der Waals surface area (Å²) in [4.78, 5) is 15.2. The van der Waals surface area contributed by atoms with Crippen molar-refractivity contribution in [2.45, 2.75) is 23.9 Å². The normalized spacial score (nSPS) is 14.5. The van der Waals surface area contributed by atoms with Crippen molar-refractivity contribution in [1.29, 1.82) is 0 Å². The van der Waals surface area contributed by atoms with Crippen molar-refractivity contribution in [3.63, 3.8) is 0 Å². The number of carbonyl (C=O) groups is 1. The van der Waals surface area contributed by atoms with E-state index < -0.39 is 32.6 Å². The average Bonchev–Trinajstić information content (AvgIpc) is 2.66. The Kier molecular flexibility index (Phi) is 5.61. The van der Waals surface area contributed by atoms with Crippen molar-refractivity contribution in [1.82, 2.24) is 10.3 Å². The molecular formula is C18H18F3N3O3S. The van der Waals surface area contributed by atoms with Gasteiger partial charge in [0.15, 0.2) is 0 Å². The zero-order valence-electron chi connectivity index (χ0n) is 14.7. The SMILES string of the molecule is O=C(CN1CCCc2ccccc21)NNS(=O)(=O)c1cccc(C(F)(F)F)c1. The molecule has 0 saturated carbocycles. The van der Waals surface area contributed by atoms with Crippen LogP contribution in [0.15, 0.2) is 53.4 Å². The van der Waals surface area contributed by atoms with E-state index >= 15 is 0 Å². The van der Waals surface area contributed by atoms with Crippen molar-refractivity contribution in [2.75, 3.05) is 18.0 Å². The fourth-order valence-electron chi connectivity index (χ4n) is 3.01. The largest absolute Gasteiger partial charge is 0.416 e. The first kappa shape index (κ1) is 20.2. The van der Waals surface area contributed by atoms with Crippen LogP contribution in [-0.4, -0.2) is 27.4 Å². The molecule has 1 aliphatic heterocycles. The molecule has 0 radical (unpaired) electrons. The lowest BCUT2D eigenvalue weighted by Gasteiger charge is -2.30. The summed E-state index contributed by atoms with van der Waals surface area (Å²) >= 11 is 0. The molecule has 0 aromatic heterocycles. The first-order valence-corrected chi connectivity index (χ1v) is 9.96. The standard InChI is InChI=1S/C18H18F3N3O3S/c19-18(20,21)14-7-3-8-15(11-14)28(26,27)23-22-17(25)12-24-10-4-6-13-5-1-2-9-16(13)24/h1-3,5,7-9,11,23H,4,6,10,12H2,(H,22,25). The molecule has 6 nitrogen and oxygen atoms in total. The predicted octanol–water partition coefficient (Wildman–Crippen LogP) is 2.47. The minimum atomic E-state index is -4.67. The highest BCUT2D eigenvalue weighted by atomic mass is 32.2. The third-order valence-corrected chi connectivity index (χ3v) is 5.58. The number of fused-ring (bicyclic) bond motifs is 1. The fourth-order valence-corrected chi connectivity index (χ4v) is 3.92. The van der Waals surface area contributed by atoms with Gasteiger partial charge in [0.2, 0.25) is 0 Å². The number of halogens is 3. The Morgan fingerprint density at radius 2 is 1.86 bits per heavy atom. The molecule has 2 N–H and O–H groups in total. The summed E-state index contributed by atoms with van der Waals surface area (Å²) in [5, 5.41) is 0. The maximum absolute atomic E-state index is 12.8. The van der Waals surface area contributed by atoms with Crippen LogP contribution < -0.4 is 15.2 Å². The van der Waals surface area contributed by atoms with Crippen molar-refractivity contribution in [3.05, 3.63) is 59.7 Å². The van der Waals surface area contributed by atoms with Gasteiger partial charge < -0.3 is 4.90 Å². The van der Waals surface area contributed by atoms with Crippen LogP contribution in [0.3, 0.4) is 0 Å².